The van der Waals surface area contributed by atoms with E-state index in [-0.39, 0.29) is 28.2 Å². The summed E-state index contributed by atoms with van der Waals surface area (Å²) in [6, 6.07) is 1.60. The van der Waals surface area contributed by atoms with Crippen LogP contribution in [-0.4, -0.2) is 41.2 Å². The Morgan fingerprint density at radius 3 is 2.77 bits per heavy atom. The van der Waals surface area contributed by atoms with E-state index in [4.69, 9.17) is 11.6 Å². The van der Waals surface area contributed by atoms with E-state index < -0.39 is 17.3 Å². The molecule has 0 radical (unpaired) electrons. The van der Waals surface area contributed by atoms with Crippen LogP contribution in [0.3, 0.4) is 0 Å². The molecule has 3 heterocycles. The van der Waals surface area contributed by atoms with E-state index in [1.54, 1.807) is 0 Å². The van der Waals surface area contributed by atoms with Gasteiger partial charge in [-0.15, -0.1) is 0 Å². The van der Waals surface area contributed by atoms with Crippen LogP contribution in [-0.2, 0) is 0 Å². The van der Waals surface area contributed by atoms with Gasteiger partial charge in [0, 0.05) is 25.7 Å². The quantitative estimate of drug-likeness (QED) is 0.857. The van der Waals surface area contributed by atoms with Gasteiger partial charge in [0.05, 0.1) is 22.4 Å². The van der Waals surface area contributed by atoms with Crippen LogP contribution in [0, 0.1) is 5.82 Å². The van der Waals surface area contributed by atoms with Crippen molar-refractivity contribution in [2.45, 2.75) is 31.7 Å². The number of nitrogens with one attached hydrogen (secondary N) is 1. The summed E-state index contributed by atoms with van der Waals surface area (Å²) in [7, 11) is 0. The number of aromatic nitrogens is 1. The maximum Gasteiger partial charge on any atom is 0.341 e. The van der Waals surface area contributed by atoms with Crippen LogP contribution in [0.15, 0.2) is 17.1 Å². The fourth-order valence-corrected chi connectivity index (χ4v) is 4.10. The average molecular weight is 380 g/mol. The van der Waals surface area contributed by atoms with Gasteiger partial charge in [0.15, 0.2) is 5.82 Å². The number of hydrogen-bond acceptors (Lipinski definition) is 4. The number of carbonyl (C=O) groups is 1. The molecular formula is C18H19ClFN3O3. The summed E-state index contributed by atoms with van der Waals surface area (Å²) in [6.45, 7) is 3.93. The van der Waals surface area contributed by atoms with Crippen LogP contribution >= 0.6 is 11.6 Å². The first-order valence-electron chi connectivity index (χ1n) is 8.67. The molecule has 2 fully saturated rings. The molecule has 4 rings (SSSR count). The molecule has 0 aromatic carbocycles. The van der Waals surface area contributed by atoms with Gasteiger partial charge in [-0.3, -0.25) is 9.20 Å². The lowest BCUT2D eigenvalue weighted by molar-refractivity contribution is 0.0694. The lowest BCUT2D eigenvalue weighted by atomic mass is 10.1. The first kappa shape index (κ1) is 17.3. The van der Waals surface area contributed by atoms with Crippen molar-refractivity contribution in [1.29, 1.82) is 0 Å². The van der Waals surface area contributed by atoms with E-state index in [0.717, 1.165) is 23.4 Å². The zero-order valence-electron chi connectivity index (χ0n) is 14.3. The lowest BCUT2D eigenvalue weighted by Gasteiger charge is -2.34. The highest BCUT2D eigenvalue weighted by atomic mass is 35.5. The SMILES string of the molecule is CC1CN(c2c(F)cn3c(=O)c(C(=O)O)cc(C4CC4)c3c2Cl)CCN1. The van der Waals surface area contributed by atoms with E-state index in [9.17, 15) is 19.1 Å². The summed E-state index contributed by atoms with van der Waals surface area (Å²) < 4.78 is 16.0. The van der Waals surface area contributed by atoms with E-state index >= 15 is 0 Å². The monoisotopic (exact) mass is 379 g/mol. The molecule has 2 aliphatic rings. The molecule has 6 nitrogen and oxygen atoms in total. The Balaban J connectivity index is 2.00. The zero-order valence-corrected chi connectivity index (χ0v) is 15.0. The molecule has 2 N–H and O–H groups in total. The molecule has 0 bridgehead atoms. The predicted octanol–water partition coefficient (Wildman–Crippen LogP) is 2.47. The average Bonchev–Trinajstić information content (AvgIpc) is 3.40. The molecule has 26 heavy (non-hydrogen) atoms. The second-order valence-corrected chi connectivity index (χ2v) is 7.44. The Labute approximate surface area is 154 Å². The zero-order chi connectivity index (χ0) is 18.6. The highest BCUT2D eigenvalue weighted by Gasteiger charge is 2.31. The number of carboxylic acids is 1. The van der Waals surface area contributed by atoms with Crippen molar-refractivity contribution < 1.29 is 14.3 Å². The van der Waals surface area contributed by atoms with Crippen molar-refractivity contribution in [1.82, 2.24) is 9.72 Å². The molecule has 1 atom stereocenters. The Kier molecular flexibility index (Phi) is 4.16. The van der Waals surface area contributed by atoms with Gasteiger partial charge < -0.3 is 15.3 Å². The number of piperazine rings is 1. The third-order valence-electron chi connectivity index (χ3n) is 5.08. The third-order valence-corrected chi connectivity index (χ3v) is 5.44. The molecule has 1 unspecified atom stereocenters. The minimum atomic E-state index is -1.32. The van der Waals surface area contributed by atoms with Gasteiger partial charge in [0.2, 0.25) is 0 Å². The number of rotatable bonds is 3. The Morgan fingerprint density at radius 1 is 1.42 bits per heavy atom. The summed E-state index contributed by atoms with van der Waals surface area (Å²) in [4.78, 5) is 25.8. The largest absolute Gasteiger partial charge is 0.477 e. The van der Waals surface area contributed by atoms with Crippen molar-refractivity contribution in [2.24, 2.45) is 0 Å². The first-order chi connectivity index (χ1) is 12.4. The third kappa shape index (κ3) is 2.75. The molecule has 2 aromatic heterocycles. The van der Waals surface area contributed by atoms with Crippen LogP contribution in [0.2, 0.25) is 5.02 Å². The van der Waals surface area contributed by atoms with Crippen molar-refractivity contribution >= 4 is 28.8 Å². The van der Waals surface area contributed by atoms with Crippen LogP contribution in [0.25, 0.3) is 5.52 Å². The Morgan fingerprint density at radius 2 is 2.15 bits per heavy atom. The van der Waals surface area contributed by atoms with Gasteiger partial charge in [0.25, 0.3) is 5.56 Å². The van der Waals surface area contributed by atoms with E-state index in [2.05, 4.69) is 5.32 Å². The standard InChI is InChI=1S/C18H19ClFN3O3/c1-9-7-22(5-4-21-9)16-13(20)8-23-15(14(16)19)11(10-2-3-10)6-12(17(23)24)18(25)26/h6,8-10,21H,2-5,7H2,1H3,(H,25,26). The fraction of sp³-hybridized carbons (Fsp3) is 0.444. The maximum absolute atomic E-state index is 14.9. The summed E-state index contributed by atoms with van der Waals surface area (Å²) in [6.07, 6.45) is 2.88. The molecule has 1 aliphatic heterocycles. The molecule has 138 valence electrons. The Bertz CT molecular complexity index is 971. The predicted molar refractivity (Wildman–Crippen MR) is 97.2 cm³/mol. The summed E-state index contributed by atoms with van der Waals surface area (Å²) in [5.74, 6) is -1.78. The van der Waals surface area contributed by atoms with Gasteiger partial charge in [0.1, 0.15) is 5.56 Å². The summed E-state index contributed by atoms with van der Waals surface area (Å²) in [5.41, 5.74) is 0.286. The topological polar surface area (TPSA) is 74.0 Å². The number of hydrogen-bond donors (Lipinski definition) is 2. The number of pyridine rings is 2. The molecule has 8 heteroatoms. The summed E-state index contributed by atoms with van der Waals surface area (Å²) in [5, 5.41) is 12.8. The van der Waals surface area contributed by atoms with Crippen LogP contribution < -0.4 is 15.8 Å². The number of nitrogens with zero attached hydrogens (tertiary/aromatic N) is 2. The van der Waals surface area contributed by atoms with Crippen molar-refractivity contribution in [2.75, 3.05) is 24.5 Å². The normalized spacial score (nSPS) is 20.6. The Hall–Kier alpha value is -2.12. The molecule has 1 saturated carbocycles. The van der Waals surface area contributed by atoms with E-state index in [0.29, 0.717) is 30.7 Å². The van der Waals surface area contributed by atoms with Gasteiger partial charge >= 0.3 is 5.97 Å². The molecule has 0 spiro atoms. The van der Waals surface area contributed by atoms with Gasteiger partial charge in [-0.25, -0.2) is 9.18 Å². The number of anilines is 1. The highest BCUT2D eigenvalue weighted by molar-refractivity contribution is 6.36. The van der Waals surface area contributed by atoms with E-state index in [1.165, 1.54) is 6.07 Å². The molecular weight excluding hydrogens is 361 g/mol. The van der Waals surface area contributed by atoms with Crippen molar-refractivity contribution in [3.63, 3.8) is 0 Å². The first-order valence-corrected chi connectivity index (χ1v) is 9.05. The highest BCUT2D eigenvalue weighted by Crippen LogP contribution is 2.45. The minimum Gasteiger partial charge on any atom is -0.477 e. The van der Waals surface area contributed by atoms with Gasteiger partial charge in [-0.1, -0.05) is 11.6 Å². The summed E-state index contributed by atoms with van der Waals surface area (Å²) >= 11 is 6.60. The molecule has 2 aromatic rings. The second-order valence-electron chi connectivity index (χ2n) is 7.06. The van der Waals surface area contributed by atoms with Crippen molar-refractivity contribution in [3.05, 3.63) is 44.6 Å². The van der Waals surface area contributed by atoms with E-state index in [1.807, 2.05) is 11.8 Å². The smallest absolute Gasteiger partial charge is 0.341 e. The van der Waals surface area contributed by atoms with Crippen molar-refractivity contribution in [3.8, 4) is 0 Å². The van der Waals surface area contributed by atoms with Crippen LogP contribution in [0.1, 0.15) is 41.6 Å². The molecule has 1 saturated heterocycles. The number of carboxylic acid groups (broad SMARTS) is 1. The lowest BCUT2D eigenvalue weighted by Crippen LogP contribution is -2.49. The number of halogens is 2. The maximum atomic E-state index is 14.9. The number of fused-ring (bicyclic) bond motifs is 1. The molecule has 0 amide bonds. The number of aromatic carboxylic acids is 1. The fourth-order valence-electron chi connectivity index (χ4n) is 3.69. The van der Waals surface area contributed by atoms with Gasteiger partial charge in [-0.2, -0.15) is 0 Å². The van der Waals surface area contributed by atoms with Crippen LogP contribution in [0.4, 0.5) is 10.1 Å². The second kappa shape index (κ2) is 6.25. The molecule has 1 aliphatic carbocycles. The van der Waals surface area contributed by atoms with Gasteiger partial charge in [-0.05, 0) is 37.3 Å². The minimum absolute atomic E-state index is 0.154. The van der Waals surface area contributed by atoms with Crippen LogP contribution in [0.5, 0.6) is 0 Å².